The van der Waals surface area contributed by atoms with Gasteiger partial charge in [0.15, 0.2) is 0 Å². The third-order valence-corrected chi connectivity index (χ3v) is 10.9. The summed E-state index contributed by atoms with van der Waals surface area (Å²) in [6.45, 7) is 3.04. The van der Waals surface area contributed by atoms with Gasteiger partial charge in [0.1, 0.15) is 35.8 Å². The van der Waals surface area contributed by atoms with Gasteiger partial charge in [-0.2, -0.15) is 15.5 Å². The maximum absolute atomic E-state index is 14.6. The number of amides is 3. The number of urea groups is 1. The summed E-state index contributed by atoms with van der Waals surface area (Å²) in [4.78, 5) is 46.5. The number of fused-ring (bicyclic) bond motifs is 1. The van der Waals surface area contributed by atoms with E-state index in [1.165, 1.54) is 24.5 Å². The molecule has 0 radical (unpaired) electrons. The molecule has 5 aromatic rings. The first kappa shape index (κ1) is 35.2. The summed E-state index contributed by atoms with van der Waals surface area (Å²) in [6, 6.07) is 13.9. The fourth-order valence-corrected chi connectivity index (χ4v) is 7.98. The maximum Gasteiger partial charge on any atom is 0.332 e. The van der Waals surface area contributed by atoms with Gasteiger partial charge in [-0.05, 0) is 80.1 Å². The van der Waals surface area contributed by atoms with Gasteiger partial charge in [0, 0.05) is 31.3 Å². The Morgan fingerprint density at radius 2 is 1.87 bits per heavy atom. The molecule has 14 nitrogen and oxygen atoms in total. The second-order valence-corrected chi connectivity index (χ2v) is 14.0. The number of nitriles is 1. The van der Waals surface area contributed by atoms with Crippen molar-refractivity contribution in [2.45, 2.75) is 56.7 Å². The van der Waals surface area contributed by atoms with E-state index in [0.29, 0.717) is 65.8 Å². The average molecular weight is 752 g/mol. The molecule has 8 rings (SSSR count). The van der Waals surface area contributed by atoms with E-state index in [1.54, 1.807) is 29.6 Å². The molecule has 2 N–H and O–H groups in total. The van der Waals surface area contributed by atoms with Crippen LogP contribution >= 0.6 is 11.6 Å². The molecular formula is C38H35ClFN9O5. The number of aromatic amines is 1. The van der Waals surface area contributed by atoms with Crippen molar-refractivity contribution in [2.75, 3.05) is 30.0 Å². The molecule has 16 heteroatoms. The lowest BCUT2D eigenvalue weighted by atomic mass is 9.83. The number of benzene rings is 3. The standard InChI is InChI=1S/C38H35ClFN9O5/c1-20-27(11-8-22(18-41)31(20)39)49-37(51)34-28(12-13-48(34)38(49)52)54-15-5-3-4-14-53-24-9-6-21(7-10-24)32-30(35-42-19-43-47(35)2)33-29-25(36(50)46-45-33)16-23(40)17-26(29)44-32/h6-11,16-17,19,28,30,32,34,44H,3-5,12-15H2,1-2H3,(H,46,50)/t28?,30-,32-,34+/m1/s1. The van der Waals surface area contributed by atoms with Crippen molar-refractivity contribution in [3.63, 3.8) is 0 Å². The van der Waals surface area contributed by atoms with Crippen LogP contribution in [0.2, 0.25) is 5.02 Å². The minimum Gasteiger partial charge on any atom is -0.494 e. The van der Waals surface area contributed by atoms with Crippen molar-refractivity contribution in [1.29, 1.82) is 5.26 Å². The van der Waals surface area contributed by atoms with Crippen LogP contribution in [-0.2, 0) is 16.6 Å². The van der Waals surface area contributed by atoms with Crippen LogP contribution in [0.1, 0.15) is 65.9 Å². The predicted octanol–water partition coefficient (Wildman–Crippen LogP) is 5.50. The van der Waals surface area contributed by atoms with Crippen LogP contribution in [0.5, 0.6) is 5.75 Å². The highest BCUT2D eigenvalue weighted by molar-refractivity contribution is 6.33. The fraction of sp³-hybridized carbons (Fsp3) is 0.342. The monoisotopic (exact) mass is 751 g/mol. The molecule has 0 saturated carbocycles. The Labute approximate surface area is 313 Å². The number of carbonyl (C=O) groups is 2. The molecule has 1 unspecified atom stereocenters. The molecule has 276 valence electrons. The molecule has 3 aliphatic heterocycles. The van der Waals surface area contributed by atoms with Crippen molar-refractivity contribution in [1.82, 2.24) is 29.9 Å². The number of hydrogen-bond donors (Lipinski definition) is 2. The molecule has 2 saturated heterocycles. The smallest absolute Gasteiger partial charge is 0.332 e. The third-order valence-electron chi connectivity index (χ3n) is 10.4. The zero-order valence-electron chi connectivity index (χ0n) is 29.4. The quantitative estimate of drug-likeness (QED) is 0.130. The van der Waals surface area contributed by atoms with E-state index >= 15 is 0 Å². The molecular weight excluding hydrogens is 717 g/mol. The van der Waals surface area contributed by atoms with E-state index in [-0.39, 0.29) is 21.9 Å². The van der Waals surface area contributed by atoms with Crippen LogP contribution in [0.4, 0.5) is 20.6 Å². The van der Waals surface area contributed by atoms with E-state index < -0.39 is 41.5 Å². The van der Waals surface area contributed by atoms with Crippen LogP contribution in [0.3, 0.4) is 0 Å². The lowest BCUT2D eigenvalue weighted by Crippen LogP contribution is -2.38. The number of aromatic nitrogens is 5. The van der Waals surface area contributed by atoms with Crippen LogP contribution < -0.4 is 20.5 Å². The Kier molecular flexibility index (Phi) is 9.24. The highest BCUT2D eigenvalue weighted by Crippen LogP contribution is 2.46. The van der Waals surface area contributed by atoms with Gasteiger partial charge in [-0.25, -0.2) is 24.2 Å². The molecule has 3 aromatic carbocycles. The van der Waals surface area contributed by atoms with E-state index in [9.17, 15) is 24.0 Å². The molecule has 3 aliphatic rings. The number of ether oxygens (including phenoxy) is 2. The van der Waals surface area contributed by atoms with E-state index in [0.717, 1.165) is 29.7 Å². The minimum absolute atomic E-state index is 0.211. The highest BCUT2D eigenvalue weighted by Gasteiger charge is 2.53. The first-order valence-electron chi connectivity index (χ1n) is 17.7. The van der Waals surface area contributed by atoms with Crippen molar-refractivity contribution >= 4 is 45.7 Å². The number of hydrogen-bond acceptors (Lipinski definition) is 10. The SMILES string of the molecule is Cc1c(N2C(=O)[C@@H]3C(OCCCCCOc4ccc([C@H]5Nc6cc(F)cc7c(=O)[nH]nc(c67)[C@@H]5c5ncnn5C)cc4)CCN3C2=O)ccc(C#N)c1Cl. The number of halogens is 2. The summed E-state index contributed by atoms with van der Waals surface area (Å²) >= 11 is 6.33. The van der Waals surface area contributed by atoms with E-state index in [4.69, 9.17) is 21.1 Å². The molecule has 2 fully saturated rings. The number of anilines is 2. The zero-order valence-corrected chi connectivity index (χ0v) is 30.1. The summed E-state index contributed by atoms with van der Waals surface area (Å²) in [7, 11) is 1.79. The first-order chi connectivity index (χ1) is 26.2. The average Bonchev–Trinajstić information content (AvgIpc) is 3.86. The molecule has 0 spiro atoms. The van der Waals surface area contributed by atoms with E-state index in [1.807, 2.05) is 30.3 Å². The number of H-pyrrole nitrogens is 1. The molecule has 5 heterocycles. The Morgan fingerprint density at radius 1 is 1.07 bits per heavy atom. The normalized spacial score (nSPS) is 20.4. The van der Waals surface area contributed by atoms with Gasteiger partial charge in [-0.15, -0.1) is 0 Å². The van der Waals surface area contributed by atoms with Crippen LogP contribution in [0.25, 0.3) is 10.8 Å². The fourth-order valence-electron chi connectivity index (χ4n) is 7.77. The molecule has 4 atom stereocenters. The second-order valence-electron chi connectivity index (χ2n) is 13.6. The number of carbonyl (C=O) groups excluding carboxylic acids is 2. The lowest BCUT2D eigenvalue weighted by molar-refractivity contribution is -0.122. The van der Waals surface area contributed by atoms with Crippen molar-refractivity contribution in [3.05, 3.63) is 104 Å². The number of aryl methyl sites for hydroxylation is 1. The Hall–Kier alpha value is -5.85. The van der Waals surface area contributed by atoms with Crippen LogP contribution in [0, 0.1) is 24.1 Å². The van der Waals surface area contributed by atoms with Crippen LogP contribution in [0.15, 0.2) is 59.7 Å². The van der Waals surface area contributed by atoms with Crippen molar-refractivity contribution in [2.24, 2.45) is 7.05 Å². The maximum atomic E-state index is 14.6. The predicted molar refractivity (Wildman–Crippen MR) is 196 cm³/mol. The summed E-state index contributed by atoms with van der Waals surface area (Å²) in [6.07, 6.45) is 4.01. The zero-order chi connectivity index (χ0) is 37.7. The number of imide groups is 1. The summed E-state index contributed by atoms with van der Waals surface area (Å²) < 4.78 is 28.4. The minimum atomic E-state index is -0.693. The van der Waals surface area contributed by atoms with Gasteiger partial charge in [-0.1, -0.05) is 23.7 Å². The number of rotatable bonds is 11. The molecule has 2 aromatic heterocycles. The van der Waals surface area contributed by atoms with Gasteiger partial charge in [-0.3, -0.25) is 14.3 Å². The molecule has 3 amide bonds. The summed E-state index contributed by atoms with van der Waals surface area (Å²) in [5.41, 5.74) is 2.63. The van der Waals surface area contributed by atoms with Gasteiger partial charge >= 0.3 is 6.03 Å². The topological polar surface area (TPSA) is 171 Å². The largest absolute Gasteiger partial charge is 0.494 e. The summed E-state index contributed by atoms with van der Waals surface area (Å²) in [5, 5.41) is 24.9. The summed E-state index contributed by atoms with van der Waals surface area (Å²) in [5.74, 6) is 0.00651. The number of unbranched alkanes of at least 4 members (excludes halogenated alkanes) is 2. The first-order valence-corrected chi connectivity index (χ1v) is 18.0. The molecule has 0 bridgehead atoms. The Morgan fingerprint density at radius 3 is 2.63 bits per heavy atom. The second kappa shape index (κ2) is 14.2. The number of nitrogens with one attached hydrogen (secondary N) is 2. The number of nitrogens with zero attached hydrogens (tertiary/aromatic N) is 7. The van der Waals surface area contributed by atoms with Gasteiger partial charge in [0.25, 0.3) is 11.5 Å². The van der Waals surface area contributed by atoms with Crippen LogP contribution in [-0.4, -0.2) is 73.7 Å². The van der Waals surface area contributed by atoms with E-state index in [2.05, 4.69) is 25.6 Å². The third kappa shape index (κ3) is 6.01. The molecule has 0 aliphatic carbocycles. The highest BCUT2D eigenvalue weighted by atomic mass is 35.5. The van der Waals surface area contributed by atoms with Gasteiger partial charge in [0.05, 0.1) is 52.0 Å². The molecule has 54 heavy (non-hydrogen) atoms. The van der Waals surface area contributed by atoms with Crippen molar-refractivity contribution < 1.29 is 23.5 Å². The van der Waals surface area contributed by atoms with Gasteiger partial charge < -0.3 is 19.7 Å². The Balaban J connectivity index is 0.850. The Bertz CT molecular complexity index is 2390. The van der Waals surface area contributed by atoms with Gasteiger partial charge in [0.2, 0.25) is 0 Å². The lowest BCUT2D eigenvalue weighted by Gasteiger charge is -2.33. The van der Waals surface area contributed by atoms with Crippen molar-refractivity contribution in [3.8, 4) is 11.8 Å².